The lowest BCUT2D eigenvalue weighted by atomic mass is 9.48. The monoisotopic (exact) mass is 735 g/mol. The number of fused-ring (bicyclic) bond motifs is 6. The maximum absolute atomic E-state index is 2.58. The highest BCUT2D eigenvalue weighted by atomic mass is 32.1. The number of anilines is 3. The number of benzene rings is 5. The Labute approximate surface area is 331 Å². The van der Waals surface area contributed by atoms with Gasteiger partial charge in [0.15, 0.2) is 0 Å². The van der Waals surface area contributed by atoms with Crippen molar-refractivity contribution < 1.29 is 0 Å². The van der Waals surface area contributed by atoms with E-state index in [1.165, 1.54) is 137 Å². The summed E-state index contributed by atoms with van der Waals surface area (Å²) in [5.41, 5.74) is 13.6. The number of thiophene rings is 1. The summed E-state index contributed by atoms with van der Waals surface area (Å²) in [6, 6.07) is 41.4. The minimum atomic E-state index is -0.0819. The van der Waals surface area contributed by atoms with Crippen molar-refractivity contribution >= 4 is 48.6 Å². The first-order valence-corrected chi connectivity index (χ1v) is 22.7. The molecule has 0 spiro atoms. The van der Waals surface area contributed by atoms with E-state index in [1.54, 1.807) is 11.1 Å². The number of rotatable bonds is 5. The van der Waals surface area contributed by atoms with E-state index >= 15 is 0 Å². The fraction of sp³-hybridized carbons (Fsp3) is 0.434. The molecule has 0 saturated heterocycles. The van der Waals surface area contributed by atoms with Crippen molar-refractivity contribution in [2.75, 3.05) is 4.90 Å². The fourth-order valence-electron chi connectivity index (χ4n) is 15.4. The van der Waals surface area contributed by atoms with Crippen molar-refractivity contribution in [3.05, 3.63) is 125 Å². The van der Waals surface area contributed by atoms with Crippen molar-refractivity contribution in [3.8, 4) is 11.1 Å². The third kappa shape index (κ3) is 4.64. The van der Waals surface area contributed by atoms with Crippen LogP contribution in [0.3, 0.4) is 0 Å². The van der Waals surface area contributed by atoms with Gasteiger partial charge >= 0.3 is 0 Å². The van der Waals surface area contributed by atoms with Gasteiger partial charge in [-0.2, -0.15) is 0 Å². The van der Waals surface area contributed by atoms with Crippen LogP contribution in [0.2, 0.25) is 0 Å². The Kier molecular flexibility index (Phi) is 6.54. The summed E-state index contributed by atoms with van der Waals surface area (Å²) < 4.78 is 2.79. The van der Waals surface area contributed by atoms with Gasteiger partial charge in [0.1, 0.15) is 0 Å². The van der Waals surface area contributed by atoms with Crippen LogP contribution in [-0.2, 0) is 16.2 Å². The van der Waals surface area contributed by atoms with Gasteiger partial charge in [-0.3, -0.25) is 0 Å². The molecule has 6 aromatic rings. The number of hydrogen-bond acceptors (Lipinski definition) is 2. The van der Waals surface area contributed by atoms with Crippen LogP contribution in [0.1, 0.15) is 113 Å². The Hall–Kier alpha value is -3.88. The lowest BCUT2D eigenvalue weighted by Crippen LogP contribution is -2.48. The van der Waals surface area contributed by atoms with Gasteiger partial charge in [0.05, 0.1) is 0 Å². The molecule has 55 heavy (non-hydrogen) atoms. The van der Waals surface area contributed by atoms with Gasteiger partial charge in [0.25, 0.3) is 0 Å². The normalized spacial score (nSPS) is 33.1. The van der Waals surface area contributed by atoms with Crippen LogP contribution in [0.5, 0.6) is 0 Å². The van der Waals surface area contributed by atoms with E-state index in [0.717, 1.165) is 35.5 Å². The van der Waals surface area contributed by atoms with E-state index in [1.807, 2.05) is 11.3 Å². The van der Waals surface area contributed by atoms with Gasteiger partial charge in [-0.15, -0.1) is 11.3 Å². The SMILES string of the molecule is CC1(C)c2cc(N(c3ccc(C45CC6CC(CC(C6)C4)C5)cc3)c3ccc(C45CC6CC(CC(C6)C4)C5)cc3)ccc2-c2cc3c(cc21)sc1ccccc13. The van der Waals surface area contributed by atoms with Crippen LogP contribution < -0.4 is 4.90 Å². The van der Waals surface area contributed by atoms with E-state index in [4.69, 9.17) is 0 Å². The standard InChI is InChI=1S/C53H53NS/c1-51(2)47-23-42(15-16-43(47)45-24-46-44-5-3-4-6-49(44)55-50(46)25-48(45)51)54(40-11-7-38(8-12-40)52-26-32-17-33(27-52)19-34(18-32)28-52)41-13-9-39(10-14-41)53-29-35-20-36(30-53)22-37(21-35)31-53/h3-16,23-25,32-37H,17-22,26-31H2,1-2H3. The quantitative estimate of drug-likeness (QED) is 0.170. The lowest BCUT2D eigenvalue weighted by Gasteiger charge is -2.57. The van der Waals surface area contributed by atoms with Crippen LogP contribution in [-0.4, -0.2) is 0 Å². The first-order chi connectivity index (χ1) is 26.8. The van der Waals surface area contributed by atoms with Gasteiger partial charge in [-0.1, -0.05) is 62.4 Å². The molecular weight excluding hydrogens is 683 g/mol. The van der Waals surface area contributed by atoms with Crippen molar-refractivity contribution in [3.63, 3.8) is 0 Å². The Balaban J connectivity index is 0.914. The molecule has 9 aliphatic carbocycles. The largest absolute Gasteiger partial charge is 0.310 e. The molecule has 0 aliphatic heterocycles. The molecule has 0 amide bonds. The number of hydrogen-bond donors (Lipinski definition) is 0. The second kappa shape index (κ2) is 11.2. The Morgan fingerprint density at radius 1 is 0.455 bits per heavy atom. The maximum Gasteiger partial charge on any atom is 0.0465 e. The first-order valence-electron chi connectivity index (χ1n) is 21.9. The van der Waals surface area contributed by atoms with Crippen molar-refractivity contribution in [1.82, 2.24) is 0 Å². The van der Waals surface area contributed by atoms with Gasteiger partial charge in [-0.25, -0.2) is 0 Å². The predicted molar refractivity (Wildman–Crippen MR) is 231 cm³/mol. The minimum Gasteiger partial charge on any atom is -0.310 e. The van der Waals surface area contributed by atoms with E-state index < -0.39 is 0 Å². The van der Waals surface area contributed by atoms with E-state index in [2.05, 4.69) is 122 Å². The van der Waals surface area contributed by atoms with Crippen LogP contribution >= 0.6 is 11.3 Å². The van der Waals surface area contributed by atoms with E-state index in [9.17, 15) is 0 Å². The summed E-state index contributed by atoms with van der Waals surface area (Å²) in [5.74, 6) is 5.77. The summed E-state index contributed by atoms with van der Waals surface area (Å²) in [6.07, 6.45) is 17.5. The first kappa shape index (κ1) is 32.2. The smallest absolute Gasteiger partial charge is 0.0465 e. The van der Waals surface area contributed by atoms with E-state index in [-0.39, 0.29) is 5.41 Å². The molecule has 276 valence electrons. The second-order valence-corrected chi connectivity index (χ2v) is 21.8. The molecule has 0 radical (unpaired) electrons. The summed E-state index contributed by atoms with van der Waals surface area (Å²) in [4.78, 5) is 2.58. The summed E-state index contributed by atoms with van der Waals surface area (Å²) >= 11 is 1.94. The van der Waals surface area contributed by atoms with Gasteiger partial charge in [-0.05, 0) is 211 Å². The van der Waals surface area contributed by atoms with Gasteiger partial charge < -0.3 is 4.90 Å². The average Bonchev–Trinajstić information content (AvgIpc) is 3.64. The Morgan fingerprint density at radius 3 is 1.45 bits per heavy atom. The molecular formula is C53H53NS. The molecule has 1 aromatic heterocycles. The zero-order valence-electron chi connectivity index (χ0n) is 32.6. The zero-order valence-corrected chi connectivity index (χ0v) is 33.4. The molecule has 8 bridgehead atoms. The van der Waals surface area contributed by atoms with Crippen LogP contribution in [0.25, 0.3) is 31.3 Å². The molecule has 1 heterocycles. The third-order valence-electron chi connectivity index (χ3n) is 17.0. The minimum absolute atomic E-state index is 0.0819. The van der Waals surface area contributed by atoms with Crippen molar-refractivity contribution in [2.45, 2.75) is 107 Å². The average molecular weight is 736 g/mol. The predicted octanol–water partition coefficient (Wildman–Crippen LogP) is 14.8. The van der Waals surface area contributed by atoms with Gasteiger partial charge in [0.2, 0.25) is 0 Å². The molecule has 0 N–H and O–H groups in total. The Morgan fingerprint density at radius 2 is 0.927 bits per heavy atom. The summed E-state index contributed by atoms with van der Waals surface area (Å²) in [6.45, 7) is 4.90. The molecule has 8 saturated carbocycles. The molecule has 0 atom stereocenters. The maximum atomic E-state index is 2.58. The summed E-state index contributed by atoms with van der Waals surface area (Å²) in [5, 5.41) is 2.78. The molecule has 8 fully saturated rings. The molecule has 5 aromatic carbocycles. The fourth-order valence-corrected chi connectivity index (χ4v) is 16.5. The molecule has 9 aliphatic rings. The second-order valence-electron chi connectivity index (χ2n) is 20.7. The van der Waals surface area contributed by atoms with Crippen LogP contribution in [0.4, 0.5) is 17.1 Å². The molecule has 2 heteroatoms. The topological polar surface area (TPSA) is 3.24 Å². The number of nitrogens with zero attached hydrogens (tertiary/aromatic N) is 1. The highest BCUT2D eigenvalue weighted by molar-refractivity contribution is 7.25. The van der Waals surface area contributed by atoms with Crippen LogP contribution in [0, 0.1) is 35.5 Å². The van der Waals surface area contributed by atoms with Gasteiger partial charge in [0, 0.05) is 42.6 Å². The molecule has 1 nitrogen and oxygen atoms in total. The van der Waals surface area contributed by atoms with Crippen molar-refractivity contribution in [2.24, 2.45) is 35.5 Å². The zero-order chi connectivity index (χ0) is 36.3. The van der Waals surface area contributed by atoms with Crippen LogP contribution in [0.15, 0.2) is 103 Å². The Bertz CT molecular complexity index is 2370. The molecule has 0 unspecified atom stereocenters. The lowest BCUT2D eigenvalue weighted by molar-refractivity contribution is -0.00529. The summed E-state index contributed by atoms with van der Waals surface area (Å²) in [7, 11) is 0. The highest BCUT2D eigenvalue weighted by Gasteiger charge is 2.53. The highest BCUT2D eigenvalue weighted by Crippen LogP contribution is 2.62. The molecule has 15 rings (SSSR count). The third-order valence-corrected chi connectivity index (χ3v) is 18.1. The van der Waals surface area contributed by atoms with Crippen molar-refractivity contribution in [1.29, 1.82) is 0 Å². The van der Waals surface area contributed by atoms with E-state index in [0.29, 0.717) is 10.8 Å².